The second-order valence-electron chi connectivity index (χ2n) is 5.95. The Morgan fingerprint density at radius 2 is 1.62 bits per heavy atom. The summed E-state index contributed by atoms with van der Waals surface area (Å²) in [5, 5.41) is 10.8. The third kappa shape index (κ3) is 3.50. The van der Waals surface area contributed by atoms with Gasteiger partial charge in [-0.3, -0.25) is 24.0 Å². The molecule has 0 bridgehead atoms. The van der Waals surface area contributed by atoms with Crippen LogP contribution in [0.4, 0.5) is 0 Å². The van der Waals surface area contributed by atoms with Crippen LogP contribution in [-0.4, -0.2) is 53.2 Å². The van der Waals surface area contributed by atoms with Crippen molar-refractivity contribution in [2.45, 2.75) is 18.4 Å². The van der Waals surface area contributed by atoms with Crippen LogP contribution in [0.25, 0.3) is 0 Å². The molecule has 0 saturated heterocycles. The summed E-state index contributed by atoms with van der Waals surface area (Å²) in [6, 6.07) is 5.71. The summed E-state index contributed by atoms with van der Waals surface area (Å²) in [5.41, 5.74) is -4.02. The van der Waals surface area contributed by atoms with Gasteiger partial charge in [-0.25, -0.2) is 4.79 Å². The van der Waals surface area contributed by atoms with E-state index in [0.717, 1.165) is 7.11 Å². The number of hydrogen-bond acceptors (Lipinski definition) is 8. The average molecular weight is 410 g/mol. The number of carboxylic acid groups (broad SMARTS) is 1. The molecule has 2 N–H and O–H groups in total. The molecule has 2 aliphatic rings. The first kappa shape index (κ1) is 22.5. The van der Waals surface area contributed by atoms with Crippen LogP contribution in [0.5, 0.6) is 0 Å². The molecule has 3 rings (SSSR count). The minimum atomic E-state index is -2.83. The van der Waals surface area contributed by atoms with Gasteiger partial charge in [0.1, 0.15) is 5.70 Å². The number of methoxy groups -OCH3 is 1. The molecule has 0 fully saturated rings. The molecular formula is C18H13NNaO9+. The van der Waals surface area contributed by atoms with Crippen LogP contribution >= 0.6 is 0 Å². The maximum Gasteiger partial charge on any atom is 1.00 e. The zero-order valence-corrected chi connectivity index (χ0v) is 17.4. The predicted molar refractivity (Wildman–Crippen MR) is 88.0 cm³/mol. The van der Waals surface area contributed by atoms with Gasteiger partial charge in [-0.1, -0.05) is 24.3 Å². The Bertz CT molecular complexity index is 997. The average Bonchev–Trinajstić information content (AvgIpc) is 2.97. The first-order chi connectivity index (χ1) is 13.2. The Morgan fingerprint density at radius 3 is 2.17 bits per heavy atom. The molecule has 1 aliphatic heterocycles. The van der Waals surface area contributed by atoms with Gasteiger partial charge in [0.05, 0.1) is 25.5 Å². The maximum absolute atomic E-state index is 13.0. The van der Waals surface area contributed by atoms with E-state index in [1.807, 2.05) is 0 Å². The molecule has 0 aromatic heterocycles. The number of ketones is 2. The van der Waals surface area contributed by atoms with Crippen molar-refractivity contribution >= 4 is 35.4 Å². The van der Waals surface area contributed by atoms with Crippen LogP contribution in [0, 0.1) is 0 Å². The molecule has 1 aliphatic carbocycles. The fraction of sp³-hybridized carbons (Fsp3) is 0.222. The van der Waals surface area contributed by atoms with E-state index in [2.05, 4.69) is 10.1 Å². The monoisotopic (exact) mass is 410 g/mol. The Hall–Kier alpha value is -2.82. The number of carboxylic acids is 1. The van der Waals surface area contributed by atoms with E-state index in [1.54, 1.807) is 0 Å². The standard InChI is InChI=1S/C18H13NO9.Na/c1-27-17(26)18(28-11(22)7-6-10(20)21)12-13(19-16(18)25)15(24)9-5-3-2-4-8(9)14(12)23;/h2-5H,6-7H2,1H3,(H,19,25)(H,20,21);/q;+1. The molecule has 1 aromatic carbocycles. The van der Waals surface area contributed by atoms with E-state index in [-0.39, 0.29) is 40.7 Å². The number of allylic oxidation sites excluding steroid dienone is 1. The number of carbonyl (C=O) groups is 6. The molecule has 0 saturated carbocycles. The predicted octanol–water partition coefficient (Wildman–Crippen LogP) is -3.23. The van der Waals surface area contributed by atoms with Crippen LogP contribution in [0.3, 0.4) is 0 Å². The number of nitrogens with one attached hydrogen (secondary N) is 1. The van der Waals surface area contributed by atoms with Gasteiger partial charge in [0.25, 0.3) is 5.91 Å². The smallest absolute Gasteiger partial charge is 0.481 e. The van der Waals surface area contributed by atoms with E-state index >= 15 is 0 Å². The Morgan fingerprint density at radius 1 is 1.03 bits per heavy atom. The maximum atomic E-state index is 13.0. The molecule has 1 atom stereocenters. The zero-order valence-electron chi connectivity index (χ0n) is 15.4. The van der Waals surface area contributed by atoms with Crippen molar-refractivity contribution in [2.75, 3.05) is 7.11 Å². The number of rotatable bonds is 5. The molecule has 10 nitrogen and oxygen atoms in total. The van der Waals surface area contributed by atoms with Crippen LogP contribution in [0.1, 0.15) is 33.6 Å². The number of ether oxygens (including phenoxy) is 2. The normalized spacial score (nSPS) is 19.6. The van der Waals surface area contributed by atoms with Crippen molar-refractivity contribution in [2.24, 2.45) is 0 Å². The largest absolute Gasteiger partial charge is 1.00 e. The van der Waals surface area contributed by atoms with Crippen molar-refractivity contribution in [1.82, 2.24) is 5.32 Å². The molecule has 0 spiro atoms. The number of carbonyl (C=O) groups excluding carboxylic acids is 5. The van der Waals surface area contributed by atoms with Crippen LogP contribution in [0.2, 0.25) is 0 Å². The van der Waals surface area contributed by atoms with Crippen LogP contribution in [-0.2, 0) is 28.7 Å². The molecule has 29 heavy (non-hydrogen) atoms. The minimum absolute atomic E-state index is 0. The summed E-state index contributed by atoms with van der Waals surface area (Å²) in [5.74, 6) is -6.76. The fourth-order valence-corrected chi connectivity index (χ4v) is 3.05. The number of esters is 2. The van der Waals surface area contributed by atoms with Gasteiger partial charge < -0.3 is 19.9 Å². The SMILES string of the molecule is COC(=O)C1(OC(=O)CCC(=O)O)C(=O)NC2=C1C(=O)c1ccccc1C2=O.[Na+]. The summed E-state index contributed by atoms with van der Waals surface area (Å²) < 4.78 is 9.56. The van der Waals surface area contributed by atoms with Gasteiger partial charge in [-0.2, -0.15) is 0 Å². The van der Waals surface area contributed by atoms with Gasteiger partial charge in [-0.05, 0) is 0 Å². The van der Waals surface area contributed by atoms with Crippen molar-refractivity contribution in [3.05, 3.63) is 46.7 Å². The van der Waals surface area contributed by atoms with E-state index in [1.165, 1.54) is 24.3 Å². The van der Waals surface area contributed by atoms with E-state index in [4.69, 9.17) is 9.84 Å². The number of hydrogen-bond donors (Lipinski definition) is 2. The van der Waals surface area contributed by atoms with Crippen molar-refractivity contribution in [1.29, 1.82) is 0 Å². The summed E-state index contributed by atoms with van der Waals surface area (Å²) >= 11 is 0. The Labute approximate surface area is 185 Å². The molecule has 1 amide bonds. The van der Waals surface area contributed by atoms with Gasteiger partial charge in [0.2, 0.25) is 5.78 Å². The molecule has 0 radical (unpaired) electrons. The van der Waals surface area contributed by atoms with Crippen molar-refractivity contribution in [3.8, 4) is 0 Å². The number of fused-ring (bicyclic) bond motifs is 1. The Balaban J connectivity index is 0.00000300. The Kier molecular flexibility index (Phi) is 6.41. The third-order valence-corrected chi connectivity index (χ3v) is 4.31. The number of aliphatic carboxylic acids is 1. The third-order valence-electron chi connectivity index (χ3n) is 4.31. The van der Waals surface area contributed by atoms with Gasteiger partial charge in [0, 0.05) is 11.1 Å². The zero-order chi connectivity index (χ0) is 20.6. The first-order valence-electron chi connectivity index (χ1n) is 8.00. The van der Waals surface area contributed by atoms with Crippen LogP contribution < -0.4 is 34.9 Å². The number of Topliss-reactive ketones (excluding diaryl/α,β-unsaturated/α-hetero) is 2. The first-order valence-corrected chi connectivity index (χ1v) is 8.00. The molecule has 144 valence electrons. The van der Waals surface area contributed by atoms with Crippen molar-refractivity contribution < 1.29 is 72.9 Å². The summed E-state index contributed by atoms with van der Waals surface area (Å²) in [4.78, 5) is 73.5. The topological polar surface area (TPSA) is 153 Å². The van der Waals surface area contributed by atoms with E-state index in [0.29, 0.717) is 0 Å². The molecule has 11 heteroatoms. The fourth-order valence-electron chi connectivity index (χ4n) is 3.05. The quantitative estimate of drug-likeness (QED) is 0.290. The summed E-state index contributed by atoms with van der Waals surface area (Å²) in [6.45, 7) is 0. The van der Waals surface area contributed by atoms with Gasteiger partial charge in [0.15, 0.2) is 5.78 Å². The van der Waals surface area contributed by atoms with Crippen molar-refractivity contribution in [3.63, 3.8) is 0 Å². The number of benzene rings is 1. The van der Waals surface area contributed by atoms with E-state index in [9.17, 15) is 28.8 Å². The van der Waals surface area contributed by atoms with Crippen LogP contribution in [0.15, 0.2) is 35.5 Å². The second kappa shape index (κ2) is 8.27. The number of amides is 1. The second-order valence-corrected chi connectivity index (χ2v) is 5.95. The van der Waals surface area contributed by atoms with Gasteiger partial charge >= 0.3 is 53.1 Å². The van der Waals surface area contributed by atoms with E-state index < -0.39 is 65.1 Å². The summed E-state index contributed by atoms with van der Waals surface area (Å²) in [6.07, 6.45) is -1.29. The molecule has 1 aromatic rings. The van der Waals surface area contributed by atoms with Gasteiger partial charge in [-0.15, -0.1) is 0 Å². The minimum Gasteiger partial charge on any atom is -0.481 e. The summed E-state index contributed by atoms with van der Waals surface area (Å²) in [7, 11) is 0.907. The molecule has 1 heterocycles. The molecule has 1 unspecified atom stereocenters. The molecular weight excluding hydrogens is 397 g/mol.